The molecule has 0 saturated carbocycles. The van der Waals surface area contributed by atoms with E-state index in [0.29, 0.717) is 12.4 Å². The molecule has 2 rings (SSSR count). The second-order valence-electron chi connectivity index (χ2n) is 5.11. The summed E-state index contributed by atoms with van der Waals surface area (Å²) in [5, 5.41) is 0. The third-order valence-electron chi connectivity index (χ3n) is 3.24. The van der Waals surface area contributed by atoms with Crippen LogP contribution in [0.25, 0.3) is 11.5 Å². The van der Waals surface area contributed by atoms with Crippen molar-refractivity contribution in [3.63, 3.8) is 0 Å². The molecular weight excluding hydrogens is 257 g/mol. The fraction of sp³-hybridized carbons (Fsp3) is 0.400. The van der Waals surface area contributed by atoms with Gasteiger partial charge in [-0.05, 0) is 51.3 Å². The number of halogens is 1. The van der Waals surface area contributed by atoms with Crippen LogP contribution in [0.15, 0.2) is 34.9 Å². The first-order chi connectivity index (χ1) is 9.60. The molecule has 0 bridgehead atoms. The van der Waals surface area contributed by atoms with E-state index < -0.39 is 0 Å². The Morgan fingerprint density at radius 1 is 1.30 bits per heavy atom. The highest BCUT2D eigenvalue weighted by atomic mass is 19.1. The van der Waals surface area contributed by atoms with E-state index >= 15 is 0 Å². The summed E-state index contributed by atoms with van der Waals surface area (Å²) in [6.45, 7) is 1.48. The standard InChI is InChI=1S/C15H20FN3O/c1-19(2)8-7-12(9-17)14-10-20-15(18-14)11-3-5-13(16)6-4-11/h3-6,10,12H,7-9,17H2,1-2H3. The monoisotopic (exact) mass is 277 g/mol. The first-order valence-electron chi connectivity index (χ1n) is 6.66. The zero-order valence-corrected chi connectivity index (χ0v) is 11.8. The summed E-state index contributed by atoms with van der Waals surface area (Å²) in [6, 6.07) is 6.10. The summed E-state index contributed by atoms with van der Waals surface area (Å²) in [7, 11) is 4.06. The van der Waals surface area contributed by atoms with Crippen molar-refractivity contribution < 1.29 is 8.81 Å². The predicted molar refractivity (Wildman–Crippen MR) is 76.9 cm³/mol. The molecule has 1 atom stereocenters. The Morgan fingerprint density at radius 2 is 2.00 bits per heavy atom. The molecule has 5 heteroatoms. The Morgan fingerprint density at radius 3 is 2.60 bits per heavy atom. The van der Waals surface area contributed by atoms with Crippen molar-refractivity contribution in [1.29, 1.82) is 0 Å². The van der Waals surface area contributed by atoms with Gasteiger partial charge in [0.25, 0.3) is 0 Å². The van der Waals surface area contributed by atoms with Gasteiger partial charge in [0.2, 0.25) is 5.89 Å². The van der Waals surface area contributed by atoms with Gasteiger partial charge >= 0.3 is 0 Å². The lowest BCUT2D eigenvalue weighted by atomic mass is 10.0. The lowest BCUT2D eigenvalue weighted by molar-refractivity contribution is 0.380. The third kappa shape index (κ3) is 3.65. The van der Waals surface area contributed by atoms with Crippen LogP contribution in [-0.2, 0) is 0 Å². The first-order valence-corrected chi connectivity index (χ1v) is 6.66. The molecule has 1 aromatic carbocycles. The Kier molecular flexibility index (Phi) is 4.87. The summed E-state index contributed by atoms with van der Waals surface area (Å²) in [6.07, 6.45) is 2.57. The van der Waals surface area contributed by atoms with Crippen LogP contribution in [0.2, 0.25) is 0 Å². The Balaban J connectivity index is 2.12. The van der Waals surface area contributed by atoms with E-state index in [-0.39, 0.29) is 11.7 Å². The number of nitrogens with two attached hydrogens (primary N) is 1. The number of nitrogens with zero attached hydrogens (tertiary/aromatic N) is 2. The van der Waals surface area contributed by atoms with Crippen LogP contribution in [0, 0.1) is 5.82 Å². The van der Waals surface area contributed by atoms with Gasteiger partial charge in [0.1, 0.15) is 12.1 Å². The molecular formula is C15H20FN3O. The lowest BCUT2D eigenvalue weighted by Crippen LogP contribution is -2.20. The number of hydrogen-bond donors (Lipinski definition) is 1. The van der Waals surface area contributed by atoms with Gasteiger partial charge in [-0.3, -0.25) is 0 Å². The number of oxazole rings is 1. The molecule has 0 amide bonds. The lowest BCUT2D eigenvalue weighted by Gasteiger charge is -2.15. The first kappa shape index (κ1) is 14.7. The second kappa shape index (κ2) is 6.63. The van der Waals surface area contributed by atoms with Crippen molar-refractivity contribution in [3.8, 4) is 11.5 Å². The van der Waals surface area contributed by atoms with Crippen molar-refractivity contribution >= 4 is 0 Å². The SMILES string of the molecule is CN(C)CCC(CN)c1coc(-c2ccc(F)cc2)n1. The maximum Gasteiger partial charge on any atom is 0.226 e. The average molecular weight is 277 g/mol. The molecule has 1 unspecified atom stereocenters. The van der Waals surface area contributed by atoms with Gasteiger partial charge in [0, 0.05) is 18.0 Å². The van der Waals surface area contributed by atoms with Crippen molar-refractivity contribution in [2.45, 2.75) is 12.3 Å². The Labute approximate surface area is 118 Å². The number of hydrogen-bond acceptors (Lipinski definition) is 4. The van der Waals surface area contributed by atoms with E-state index in [0.717, 1.165) is 24.2 Å². The fourth-order valence-corrected chi connectivity index (χ4v) is 2.00. The van der Waals surface area contributed by atoms with Crippen LogP contribution in [0.5, 0.6) is 0 Å². The van der Waals surface area contributed by atoms with E-state index in [1.54, 1.807) is 18.4 Å². The topological polar surface area (TPSA) is 55.3 Å². The van der Waals surface area contributed by atoms with E-state index in [9.17, 15) is 4.39 Å². The van der Waals surface area contributed by atoms with Crippen LogP contribution in [0.4, 0.5) is 4.39 Å². The fourth-order valence-electron chi connectivity index (χ4n) is 2.00. The van der Waals surface area contributed by atoms with Gasteiger partial charge in [0.15, 0.2) is 0 Å². The predicted octanol–water partition coefficient (Wildman–Crippen LogP) is 2.47. The summed E-state index contributed by atoms with van der Waals surface area (Å²) < 4.78 is 18.4. The molecule has 0 radical (unpaired) electrons. The summed E-state index contributed by atoms with van der Waals surface area (Å²) in [5.41, 5.74) is 7.43. The molecule has 0 saturated heterocycles. The maximum atomic E-state index is 12.9. The summed E-state index contributed by atoms with van der Waals surface area (Å²) >= 11 is 0. The Hall–Kier alpha value is -1.72. The van der Waals surface area contributed by atoms with Crippen LogP contribution in [0.1, 0.15) is 18.0 Å². The number of benzene rings is 1. The smallest absolute Gasteiger partial charge is 0.226 e. The van der Waals surface area contributed by atoms with Crippen LogP contribution in [0.3, 0.4) is 0 Å². The van der Waals surface area contributed by atoms with Gasteiger partial charge in [0.05, 0.1) is 5.69 Å². The highest BCUT2D eigenvalue weighted by Gasteiger charge is 2.16. The van der Waals surface area contributed by atoms with Crippen molar-refractivity contribution in [2.24, 2.45) is 5.73 Å². The molecule has 0 aliphatic heterocycles. The summed E-state index contributed by atoms with van der Waals surface area (Å²) in [4.78, 5) is 6.59. The maximum absolute atomic E-state index is 12.9. The molecule has 0 fully saturated rings. The van der Waals surface area contributed by atoms with Gasteiger partial charge in [-0.1, -0.05) is 0 Å². The molecule has 2 aromatic rings. The minimum atomic E-state index is -0.272. The van der Waals surface area contributed by atoms with Gasteiger partial charge in [-0.25, -0.2) is 9.37 Å². The van der Waals surface area contributed by atoms with Crippen LogP contribution in [-0.4, -0.2) is 37.1 Å². The van der Waals surface area contributed by atoms with E-state index in [2.05, 4.69) is 9.88 Å². The zero-order valence-electron chi connectivity index (χ0n) is 11.8. The summed E-state index contributed by atoms with van der Waals surface area (Å²) in [5.74, 6) is 0.407. The van der Waals surface area contributed by atoms with Crippen molar-refractivity contribution in [2.75, 3.05) is 27.2 Å². The molecule has 4 nitrogen and oxygen atoms in total. The van der Waals surface area contributed by atoms with Gasteiger partial charge in [-0.15, -0.1) is 0 Å². The second-order valence-corrected chi connectivity index (χ2v) is 5.11. The largest absolute Gasteiger partial charge is 0.444 e. The van der Waals surface area contributed by atoms with E-state index in [4.69, 9.17) is 10.2 Å². The molecule has 1 heterocycles. The zero-order chi connectivity index (χ0) is 14.5. The highest BCUT2D eigenvalue weighted by molar-refractivity contribution is 5.52. The van der Waals surface area contributed by atoms with Crippen LogP contribution >= 0.6 is 0 Å². The van der Waals surface area contributed by atoms with Crippen LogP contribution < -0.4 is 5.73 Å². The molecule has 2 N–H and O–H groups in total. The molecule has 20 heavy (non-hydrogen) atoms. The van der Waals surface area contributed by atoms with E-state index in [1.165, 1.54) is 12.1 Å². The quantitative estimate of drug-likeness (QED) is 0.881. The van der Waals surface area contributed by atoms with E-state index in [1.807, 2.05) is 14.1 Å². The highest BCUT2D eigenvalue weighted by Crippen LogP contribution is 2.24. The van der Waals surface area contributed by atoms with Crippen molar-refractivity contribution in [3.05, 3.63) is 42.0 Å². The normalized spacial score (nSPS) is 12.8. The molecule has 0 aliphatic carbocycles. The van der Waals surface area contributed by atoms with Gasteiger partial charge in [-0.2, -0.15) is 0 Å². The minimum absolute atomic E-state index is 0.176. The average Bonchev–Trinajstić information content (AvgIpc) is 2.89. The minimum Gasteiger partial charge on any atom is -0.444 e. The Bertz CT molecular complexity index is 536. The third-order valence-corrected chi connectivity index (χ3v) is 3.24. The molecule has 108 valence electrons. The van der Waals surface area contributed by atoms with Gasteiger partial charge < -0.3 is 15.1 Å². The molecule has 0 aliphatic rings. The number of aromatic nitrogens is 1. The van der Waals surface area contributed by atoms with Crippen molar-refractivity contribution in [1.82, 2.24) is 9.88 Å². The number of rotatable bonds is 6. The molecule has 0 spiro atoms. The molecule has 1 aromatic heterocycles.